The van der Waals surface area contributed by atoms with Crippen molar-refractivity contribution in [1.29, 1.82) is 0 Å². The van der Waals surface area contributed by atoms with Gasteiger partial charge >= 0.3 is 5.97 Å². The third-order valence-electron chi connectivity index (χ3n) is 4.61. The fourth-order valence-corrected chi connectivity index (χ4v) is 2.87. The van der Waals surface area contributed by atoms with Gasteiger partial charge in [-0.05, 0) is 37.5 Å². The molecule has 1 aliphatic rings. The van der Waals surface area contributed by atoms with Gasteiger partial charge in [-0.3, -0.25) is 9.59 Å². The highest BCUT2D eigenvalue weighted by atomic mass is 19.1. The number of likely N-dealkylation sites (tertiary alicyclic amines) is 1. The molecule has 2 amide bonds. The number of hydrogen-bond acceptors (Lipinski definition) is 3. The van der Waals surface area contributed by atoms with Gasteiger partial charge < -0.3 is 15.3 Å². The fourth-order valence-electron chi connectivity index (χ4n) is 2.87. The van der Waals surface area contributed by atoms with E-state index in [0.29, 0.717) is 25.9 Å². The zero-order valence-electron chi connectivity index (χ0n) is 14.4. The normalized spacial score (nSPS) is 18.5. The van der Waals surface area contributed by atoms with Gasteiger partial charge in [0.2, 0.25) is 11.8 Å². The highest BCUT2D eigenvalue weighted by Gasteiger charge is 2.30. The first kappa shape index (κ1) is 18.9. The van der Waals surface area contributed by atoms with Crippen molar-refractivity contribution >= 4 is 23.5 Å². The van der Waals surface area contributed by atoms with Gasteiger partial charge in [0.05, 0.1) is 17.2 Å². The van der Waals surface area contributed by atoms with Crippen LogP contribution in [0, 0.1) is 17.7 Å². The molecule has 2 rings (SSSR count). The van der Waals surface area contributed by atoms with Crippen molar-refractivity contribution in [2.75, 3.05) is 18.4 Å². The number of carbonyl (C=O) groups excluding carboxylic acids is 2. The van der Waals surface area contributed by atoms with E-state index >= 15 is 0 Å². The van der Waals surface area contributed by atoms with E-state index in [0.717, 1.165) is 24.6 Å². The van der Waals surface area contributed by atoms with E-state index < -0.39 is 23.6 Å². The van der Waals surface area contributed by atoms with Crippen molar-refractivity contribution in [2.45, 2.75) is 33.1 Å². The van der Waals surface area contributed by atoms with Crippen LogP contribution in [0.25, 0.3) is 0 Å². The highest BCUT2D eigenvalue weighted by Crippen LogP contribution is 2.22. The third kappa shape index (κ3) is 4.55. The Kier molecular flexibility index (Phi) is 6.12. The molecule has 7 heteroatoms. The van der Waals surface area contributed by atoms with Crippen molar-refractivity contribution in [3.8, 4) is 0 Å². The first-order valence-electron chi connectivity index (χ1n) is 8.46. The maximum atomic E-state index is 13.8. The second-order valence-corrected chi connectivity index (χ2v) is 6.42. The fraction of sp³-hybridized carbons (Fsp3) is 0.500. The summed E-state index contributed by atoms with van der Waals surface area (Å²) in [6, 6.07) is 3.25. The summed E-state index contributed by atoms with van der Waals surface area (Å²) in [5.74, 6) is -2.79. The molecule has 1 saturated heterocycles. The summed E-state index contributed by atoms with van der Waals surface area (Å²) in [7, 11) is 0. The zero-order valence-corrected chi connectivity index (χ0v) is 14.4. The number of nitrogens with one attached hydrogen (secondary N) is 1. The SMILES string of the molecule is CCC(C)C(=O)N1CCCC(C(=O)Nc2cc(C(=O)O)ccc2F)C1. The summed E-state index contributed by atoms with van der Waals surface area (Å²) in [5, 5.41) is 11.4. The maximum Gasteiger partial charge on any atom is 0.335 e. The lowest BCUT2D eigenvalue weighted by Crippen LogP contribution is -2.45. The maximum absolute atomic E-state index is 13.8. The predicted molar refractivity (Wildman–Crippen MR) is 90.7 cm³/mol. The van der Waals surface area contributed by atoms with Crippen LogP contribution >= 0.6 is 0 Å². The topological polar surface area (TPSA) is 86.7 Å². The first-order chi connectivity index (χ1) is 11.8. The molecule has 136 valence electrons. The number of rotatable bonds is 5. The largest absolute Gasteiger partial charge is 0.478 e. The van der Waals surface area contributed by atoms with E-state index in [1.54, 1.807) is 4.90 Å². The molecule has 1 fully saturated rings. The van der Waals surface area contributed by atoms with Crippen LogP contribution in [0.1, 0.15) is 43.5 Å². The van der Waals surface area contributed by atoms with Gasteiger partial charge in [0.25, 0.3) is 0 Å². The van der Waals surface area contributed by atoms with Crippen LogP contribution in [0.3, 0.4) is 0 Å². The van der Waals surface area contributed by atoms with E-state index in [2.05, 4.69) is 5.32 Å². The van der Waals surface area contributed by atoms with Crippen LogP contribution in [-0.2, 0) is 9.59 Å². The molecule has 1 aromatic carbocycles. The van der Waals surface area contributed by atoms with Crippen LogP contribution in [0.2, 0.25) is 0 Å². The average molecular weight is 350 g/mol. The van der Waals surface area contributed by atoms with Gasteiger partial charge in [-0.25, -0.2) is 9.18 Å². The number of carbonyl (C=O) groups is 3. The number of hydrogen-bond donors (Lipinski definition) is 2. The minimum absolute atomic E-state index is 0.0269. The van der Waals surface area contributed by atoms with Gasteiger partial charge in [0, 0.05) is 19.0 Å². The van der Waals surface area contributed by atoms with E-state index in [4.69, 9.17) is 5.11 Å². The number of benzene rings is 1. The quantitative estimate of drug-likeness (QED) is 0.855. The van der Waals surface area contributed by atoms with Crippen molar-refractivity contribution < 1.29 is 23.9 Å². The molecule has 0 saturated carbocycles. The van der Waals surface area contributed by atoms with Crippen molar-refractivity contribution in [1.82, 2.24) is 4.90 Å². The lowest BCUT2D eigenvalue weighted by molar-refractivity contribution is -0.138. The highest BCUT2D eigenvalue weighted by molar-refractivity contribution is 5.95. The van der Waals surface area contributed by atoms with E-state index in [1.807, 2.05) is 13.8 Å². The van der Waals surface area contributed by atoms with Crippen molar-refractivity contribution in [3.63, 3.8) is 0 Å². The molecule has 6 nitrogen and oxygen atoms in total. The number of amides is 2. The zero-order chi connectivity index (χ0) is 18.6. The molecule has 2 atom stereocenters. The second-order valence-electron chi connectivity index (χ2n) is 6.42. The monoisotopic (exact) mass is 350 g/mol. The van der Waals surface area contributed by atoms with Gasteiger partial charge in [0.1, 0.15) is 5.82 Å². The second kappa shape index (κ2) is 8.09. The number of carboxylic acid groups (broad SMARTS) is 1. The molecule has 25 heavy (non-hydrogen) atoms. The summed E-state index contributed by atoms with van der Waals surface area (Å²) in [6.45, 7) is 4.72. The molecule has 2 unspecified atom stereocenters. The summed E-state index contributed by atoms with van der Waals surface area (Å²) in [5.41, 5.74) is -0.260. The summed E-state index contributed by atoms with van der Waals surface area (Å²) in [4.78, 5) is 37.4. The average Bonchev–Trinajstić information content (AvgIpc) is 2.62. The Morgan fingerprint density at radius 2 is 2.12 bits per heavy atom. The summed E-state index contributed by atoms with van der Waals surface area (Å²) < 4.78 is 13.8. The summed E-state index contributed by atoms with van der Waals surface area (Å²) >= 11 is 0. The van der Waals surface area contributed by atoms with Crippen LogP contribution in [-0.4, -0.2) is 40.9 Å². The number of piperidine rings is 1. The van der Waals surface area contributed by atoms with Crippen LogP contribution in [0.5, 0.6) is 0 Å². The molecule has 0 aliphatic carbocycles. The first-order valence-corrected chi connectivity index (χ1v) is 8.46. The van der Waals surface area contributed by atoms with Crippen LogP contribution in [0.15, 0.2) is 18.2 Å². The van der Waals surface area contributed by atoms with E-state index in [-0.39, 0.29) is 23.1 Å². The molecular weight excluding hydrogens is 327 g/mol. The molecule has 1 heterocycles. The molecule has 1 aliphatic heterocycles. The molecule has 0 bridgehead atoms. The molecule has 2 N–H and O–H groups in total. The number of nitrogens with zero attached hydrogens (tertiary/aromatic N) is 1. The summed E-state index contributed by atoms with van der Waals surface area (Å²) in [6.07, 6.45) is 2.05. The number of carboxylic acids is 1. The van der Waals surface area contributed by atoms with Crippen LogP contribution in [0.4, 0.5) is 10.1 Å². The van der Waals surface area contributed by atoms with E-state index in [1.165, 1.54) is 0 Å². The third-order valence-corrected chi connectivity index (χ3v) is 4.61. The Morgan fingerprint density at radius 1 is 1.40 bits per heavy atom. The lowest BCUT2D eigenvalue weighted by Gasteiger charge is -2.33. The lowest BCUT2D eigenvalue weighted by atomic mass is 9.95. The molecule has 0 spiro atoms. The smallest absolute Gasteiger partial charge is 0.335 e. The predicted octanol–water partition coefficient (Wildman–Crippen LogP) is 2.75. The number of halogens is 1. The molecule has 1 aromatic rings. The van der Waals surface area contributed by atoms with Crippen molar-refractivity contribution in [2.24, 2.45) is 11.8 Å². The Hall–Kier alpha value is -2.44. The standard InChI is InChI=1S/C18H23FN2O4/c1-3-11(2)17(23)21-8-4-5-13(10-21)16(22)20-15-9-12(18(24)25)6-7-14(15)19/h6-7,9,11,13H,3-5,8,10H2,1-2H3,(H,20,22)(H,24,25). The Balaban J connectivity index is 2.07. The molecule has 0 aromatic heterocycles. The van der Waals surface area contributed by atoms with Gasteiger partial charge in [0.15, 0.2) is 0 Å². The van der Waals surface area contributed by atoms with Gasteiger partial charge in [-0.1, -0.05) is 13.8 Å². The number of anilines is 1. The minimum atomic E-state index is -1.20. The van der Waals surface area contributed by atoms with Crippen LogP contribution < -0.4 is 5.32 Å². The Bertz CT molecular complexity index is 677. The molecule has 0 radical (unpaired) electrons. The molecular formula is C18H23FN2O4. The van der Waals surface area contributed by atoms with Gasteiger partial charge in [-0.2, -0.15) is 0 Å². The Morgan fingerprint density at radius 3 is 2.76 bits per heavy atom. The minimum Gasteiger partial charge on any atom is -0.478 e. The van der Waals surface area contributed by atoms with Crippen molar-refractivity contribution in [3.05, 3.63) is 29.6 Å². The number of aromatic carboxylic acids is 1. The Labute approximate surface area is 146 Å². The van der Waals surface area contributed by atoms with E-state index in [9.17, 15) is 18.8 Å². The van der Waals surface area contributed by atoms with Gasteiger partial charge in [-0.15, -0.1) is 0 Å².